The van der Waals surface area contributed by atoms with Crippen LogP contribution >= 0.6 is 0 Å². The molecule has 2 unspecified atom stereocenters. The van der Waals surface area contributed by atoms with Crippen molar-refractivity contribution in [1.82, 2.24) is 5.16 Å². The predicted molar refractivity (Wildman–Crippen MR) is 52.9 cm³/mol. The number of nitrogens with two attached hydrogens (primary N) is 1. The predicted octanol–water partition coefficient (Wildman–Crippen LogP) is 0.706. The van der Waals surface area contributed by atoms with E-state index in [9.17, 15) is 0 Å². The van der Waals surface area contributed by atoms with Gasteiger partial charge in [-0.25, -0.2) is 0 Å². The van der Waals surface area contributed by atoms with Crippen LogP contribution in [0.25, 0.3) is 0 Å². The third-order valence-corrected chi connectivity index (χ3v) is 4.09. The van der Waals surface area contributed by atoms with E-state index in [2.05, 4.69) is 17.0 Å². The monoisotopic (exact) mass is 193 g/mol. The zero-order chi connectivity index (χ0) is 9.76. The number of anilines is 1. The van der Waals surface area contributed by atoms with Crippen LogP contribution in [-0.2, 0) is 0 Å². The second-order valence-corrected chi connectivity index (χ2v) is 4.69. The van der Waals surface area contributed by atoms with Gasteiger partial charge < -0.3 is 15.2 Å². The molecule has 1 saturated carbocycles. The quantitative estimate of drug-likeness (QED) is 0.751. The van der Waals surface area contributed by atoms with E-state index in [0.29, 0.717) is 5.41 Å². The summed E-state index contributed by atoms with van der Waals surface area (Å²) in [6, 6.07) is 1.92. The van der Waals surface area contributed by atoms with Gasteiger partial charge in [-0.1, -0.05) is 12.1 Å². The van der Waals surface area contributed by atoms with E-state index in [1.165, 1.54) is 0 Å². The van der Waals surface area contributed by atoms with Crippen molar-refractivity contribution in [2.24, 2.45) is 23.0 Å². The molecule has 1 aromatic heterocycles. The number of fused-ring (bicyclic) bond motifs is 1. The van der Waals surface area contributed by atoms with Crippen LogP contribution in [0.2, 0.25) is 0 Å². The molecule has 4 nitrogen and oxygen atoms in total. The fourth-order valence-corrected chi connectivity index (χ4v) is 2.84. The minimum absolute atomic E-state index is 0.403. The Labute approximate surface area is 83.0 Å². The summed E-state index contributed by atoms with van der Waals surface area (Å²) < 4.78 is 4.84. The summed E-state index contributed by atoms with van der Waals surface area (Å²) in [5.74, 6) is 2.50. The summed E-state index contributed by atoms with van der Waals surface area (Å²) in [6.07, 6.45) is 1.63. The molecule has 2 N–H and O–H groups in total. The lowest BCUT2D eigenvalue weighted by molar-refractivity contribution is 0.414. The highest BCUT2D eigenvalue weighted by molar-refractivity contribution is 5.41. The van der Waals surface area contributed by atoms with E-state index in [4.69, 9.17) is 10.3 Å². The Hall–Kier alpha value is -1.03. The van der Waals surface area contributed by atoms with Crippen LogP contribution in [0.4, 0.5) is 5.82 Å². The Morgan fingerprint density at radius 1 is 1.64 bits per heavy atom. The second-order valence-electron chi connectivity index (χ2n) is 4.69. The van der Waals surface area contributed by atoms with E-state index in [1.54, 1.807) is 6.26 Å². The molecule has 14 heavy (non-hydrogen) atoms. The van der Waals surface area contributed by atoms with E-state index >= 15 is 0 Å². The molecule has 2 aliphatic rings. The Balaban J connectivity index is 1.72. The smallest absolute Gasteiger partial charge is 0.171 e. The average Bonchev–Trinajstić information content (AvgIpc) is 2.77. The SMILES string of the molecule is CC1(CN)C2CN(c3ccon3)CC21. The fraction of sp³-hybridized carbons (Fsp3) is 0.700. The van der Waals surface area contributed by atoms with Crippen molar-refractivity contribution in [2.75, 3.05) is 24.5 Å². The van der Waals surface area contributed by atoms with Gasteiger partial charge in [0, 0.05) is 19.2 Å². The van der Waals surface area contributed by atoms with Crippen molar-refractivity contribution in [2.45, 2.75) is 6.92 Å². The average molecular weight is 193 g/mol. The zero-order valence-corrected chi connectivity index (χ0v) is 8.31. The minimum Gasteiger partial charge on any atom is -0.363 e. The fourth-order valence-electron chi connectivity index (χ4n) is 2.84. The topological polar surface area (TPSA) is 55.3 Å². The first kappa shape index (κ1) is 8.29. The molecular weight excluding hydrogens is 178 g/mol. The molecule has 2 atom stereocenters. The maximum absolute atomic E-state index is 5.77. The molecule has 3 rings (SSSR count). The van der Waals surface area contributed by atoms with Crippen molar-refractivity contribution < 1.29 is 4.52 Å². The molecule has 2 fully saturated rings. The van der Waals surface area contributed by atoms with Crippen molar-refractivity contribution >= 4 is 5.82 Å². The number of aromatic nitrogens is 1. The summed E-state index contributed by atoms with van der Waals surface area (Å²) in [5.41, 5.74) is 6.17. The molecule has 0 aromatic carbocycles. The second kappa shape index (κ2) is 2.51. The molecule has 1 aliphatic carbocycles. The van der Waals surface area contributed by atoms with E-state index < -0.39 is 0 Å². The number of nitrogens with zero attached hydrogens (tertiary/aromatic N) is 2. The molecule has 76 valence electrons. The molecular formula is C10H15N3O. The van der Waals surface area contributed by atoms with Gasteiger partial charge in [0.2, 0.25) is 0 Å². The third-order valence-electron chi connectivity index (χ3n) is 4.09. The van der Waals surface area contributed by atoms with Crippen LogP contribution in [0.15, 0.2) is 16.9 Å². The lowest BCUT2D eigenvalue weighted by atomic mass is 10.0. The van der Waals surface area contributed by atoms with Gasteiger partial charge in [-0.2, -0.15) is 0 Å². The molecule has 4 heteroatoms. The van der Waals surface area contributed by atoms with Crippen molar-refractivity contribution in [3.05, 3.63) is 12.3 Å². The normalized spacial score (nSPS) is 40.0. The van der Waals surface area contributed by atoms with Crippen LogP contribution in [0.1, 0.15) is 6.92 Å². The van der Waals surface area contributed by atoms with Crippen LogP contribution in [0, 0.1) is 17.3 Å². The van der Waals surface area contributed by atoms with Gasteiger partial charge in [-0.3, -0.25) is 0 Å². The molecule has 1 aliphatic heterocycles. The largest absolute Gasteiger partial charge is 0.363 e. The Kier molecular flexibility index (Phi) is 1.49. The van der Waals surface area contributed by atoms with Gasteiger partial charge in [0.15, 0.2) is 5.82 Å². The lowest BCUT2D eigenvalue weighted by Gasteiger charge is -2.22. The number of piperidine rings is 1. The van der Waals surface area contributed by atoms with E-state index in [-0.39, 0.29) is 0 Å². The van der Waals surface area contributed by atoms with Gasteiger partial charge in [-0.05, 0) is 23.8 Å². The summed E-state index contributed by atoms with van der Waals surface area (Å²) in [4.78, 5) is 2.29. The molecule has 1 aromatic rings. The highest BCUT2D eigenvalue weighted by Crippen LogP contribution is 2.61. The van der Waals surface area contributed by atoms with Crippen LogP contribution in [-0.4, -0.2) is 24.8 Å². The highest BCUT2D eigenvalue weighted by atomic mass is 16.5. The maximum atomic E-state index is 5.77. The molecule has 0 bridgehead atoms. The van der Waals surface area contributed by atoms with Gasteiger partial charge in [0.05, 0.1) is 0 Å². The molecule has 0 radical (unpaired) electrons. The summed E-state index contributed by atoms with van der Waals surface area (Å²) in [6.45, 7) is 5.28. The highest BCUT2D eigenvalue weighted by Gasteiger charge is 2.64. The summed E-state index contributed by atoms with van der Waals surface area (Å²) in [5, 5.41) is 3.95. The van der Waals surface area contributed by atoms with Crippen molar-refractivity contribution in [3.8, 4) is 0 Å². The summed E-state index contributed by atoms with van der Waals surface area (Å²) >= 11 is 0. The van der Waals surface area contributed by atoms with Gasteiger partial charge in [0.1, 0.15) is 6.26 Å². The minimum atomic E-state index is 0.403. The van der Waals surface area contributed by atoms with Crippen LogP contribution < -0.4 is 10.6 Å². The molecule has 0 amide bonds. The van der Waals surface area contributed by atoms with Crippen molar-refractivity contribution in [1.29, 1.82) is 0 Å². The van der Waals surface area contributed by atoms with Gasteiger partial charge >= 0.3 is 0 Å². The first-order chi connectivity index (χ1) is 6.75. The van der Waals surface area contributed by atoms with Gasteiger partial charge in [-0.15, -0.1) is 0 Å². The van der Waals surface area contributed by atoms with E-state index in [1.807, 2.05) is 6.07 Å². The molecule has 1 saturated heterocycles. The van der Waals surface area contributed by atoms with Crippen molar-refractivity contribution in [3.63, 3.8) is 0 Å². The summed E-state index contributed by atoms with van der Waals surface area (Å²) in [7, 11) is 0. The Morgan fingerprint density at radius 2 is 2.36 bits per heavy atom. The Bertz CT molecular complexity index is 323. The Morgan fingerprint density at radius 3 is 2.86 bits per heavy atom. The molecule has 0 spiro atoms. The van der Waals surface area contributed by atoms with Crippen LogP contribution in [0.3, 0.4) is 0 Å². The number of hydrogen-bond donors (Lipinski definition) is 1. The first-order valence-electron chi connectivity index (χ1n) is 5.11. The standard InChI is InChI=1S/C10H15N3O/c1-10(6-11)7-4-13(5-8(7)10)9-2-3-14-12-9/h2-3,7-8H,4-6,11H2,1H3. The molecule has 2 heterocycles. The maximum Gasteiger partial charge on any atom is 0.171 e. The van der Waals surface area contributed by atoms with Gasteiger partial charge in [0.25, 0.3) is 0 Å². The zero-order valence-electron chi connectivity index (χ0n) is 8.31. The lowest BCUT2D eigenvalue weighted by Crippen LogP contribution is -2.30. The number of rotatable bonds is 2. The van der Waals surface area contributed by atoms with E-state index in [0.717, 1.165) is 37.3 Å². The number of hydrogen-bond acceptors (Lipinski definition) is 4. The first-order valence-corrected chi connectivity index (χ1v) is 5.11. The third kappa shape index (κ3) is 0.892. The van der Waals surface area contributed by atoms with Crippen LogP contribution in [0.5, 0.6) is 0 Å².